The highest BCUT2D eigenvalue weighted by molar-refractivity contribution is 5.92. The van der Waals surface area contributed by atoms with Crippen molar-refractivity contribution in [1.29, 1.82) is 0 Å². The van der Waals surface area contributed by atoms with E-state index in [1.807, 2.05) is 42.3 Å². The number of likely N-dealkylation sites (N-methyl/N-ethyl adjacent to an activating group) is 1. The van der Waals surface area contributed by atoms with Gasteiger partial charge in [-0.15, -0.1) is 0 Å². The number of rotatable bonds is 7. The molecule has 1 saturated carbocycles. The van der Waals surface area contributed by atoms with E-state index in [0.29, 0.717) is 6.54 Å². The smallest absolute Gasteiger partial charge is 0.416 e. The summed E-state index contributed by atoms with van der Waals surface area (Å²) < 4.78 is 49.8. The predicted molar refractivity (Wildman–Crippen MR) is 116 cm³/mol. The summed E-state index contributed by atoms with van der Waals surface area (Å²) in [7, 11) is 1.81. The van der Waals surface area contributed by atoms with Gasteiger partial charge >= 0.3 is 6.18 Å². The Hall–Kier alpha value is -3.37. The van der Waals surface area contributed by atoms with E-state index in [2.05, 4.69) is 10.5 Å². The number of benzene rings is 2. The highest BCUT2D eigenvalue weighted by atomic mass is 19.4. The Morgan fingerprint density at radius 2 is 1.97 bits per heavy atom. The molecule has 0 spiro atoms. The largest absolute Gasteiger partial charge is 0.488 e. The van der Waals surface area contributed by atoms with Gasteiger partial charge in [-0.1, -0.05) is 41.6 Å². The summed E-state index contributed by atoms with van der Waals surface area (Å²) in [6.07, 6.45) is -4.97. The Kier molecular flexibility index (Phi) is 6.90. The van der Waals surface area contributed by atoms with Gasteiger partial charge in [-0.2, -0.15) is 13.2 Å². The van der Waals surface area contributed by atoms with E-state index in [9.17, 15) is 23.1 Å². The number of halogens is 3. The standard InChI is InChI=1S/C24H24F3N3O4/c1-30(14-15-6-3-2-4-7-15)21-19(28-23(32)18-10-11-33-29-18)13-20(22(21)31)34-17-9-5-8-16(12-17)24(25,26)27/h2-12,19-22,31H,13-14H2,1H3,(H,28,32)/t19-,20-,21+,22+/m1/s1. The number of hydrogen-bond donors (Lipinski definition) is 2. The molecule has 7 nitrogen and oxygen atoms in total. The molecule has 1 amide bonds. The first-order valence-electron chi connectivity index (χ1n) is 10.7. The van der Waals surface area contributed by atoms with Crippen molar-refractivity contribution >= 4 is 5.91 Å². The molecule has 2 aromatic carbocycles. The van der Waals surface area contributed by atoms with Crippen LogP contribution in [0.25, 0.3) is 0 Å². The van der Waals surface area contributed by atoms with Gasteiger partial charge < -0.3 is 19.7 Å². The third-order valence-electron chi connectivity index (χ3n) is 5.85. The molecule has 1 aliphatic rings. The van der Waals surface area contributed by atoms with Crippen LogP contribution in [0.3, 0.4) is 0 Å². The normalized spacial score (nSPS) is 22.6. The molecule has 34 heavy (non-hydrogen) atoms. The van der Waals surface area contributed by atoms with Crippen molar-refractivity contribution in [2.75, 3.05) is 7.05 Å². The fourth-order valence-electron chi connectivity index (χ4n) is 4.29. The van der Waals surface area contributed by atoms with Crippen LogP contribution in [0.4, 0.5) is 13.2 Å². The molecule has 1 heterocycles. The minimum atomic E-state index is -4.51. The molecule has 1 aliphatic carbocycles. The number of amides is 1. The van der Waals surface area contributed by atoms with Gasteiger partial charge in [0, 0.05) is 19.0 Å². The number of aliphatic hydroxyl groups is 1. The van der Waals surface area contributed by atoms with Crippen LogP contribution in [0.1, 0.15) is 28.0 Å². The number of carbonyl (C=O) groups is 1. The lowest BCUT2D eigenvalue weighted by molar-refractivity contribution is -0.137. The molecule has 180 valence electrons. The van der Waals surface area contributed by atoms with E-state index in [1.165, 1.54) is 24.5 Å². The maximum Gasteiger partial charge on any atom is 0.416 e. The van der Waals surface area contributed by atoms with Crippen molar-refractivity contribution in [3.63, 3.8) is 0 Å². The molecule has 0 unspecified atom stereocenters. The molecular formula is C24H24F3N3O4. The van der Waals surface area contributed by atoms with Crippen LogP contribution in [0.15, 0.2) is 71.4 Å². The average Bonchev–Trinajstić information content (AvgIpc) is 3.43. The monoisotopic (exact) mass is 475 g/mol. The van der Waals surface area contributed by atoms with Crippen LogP contribution in [0.5, 0.6) is 5.75 Å². The first-order chi connectivity index (χ1) is 16.2. The van der Waals surface area contributed by atoms with Gasteiger partial charge in [-0.3, -0.25) is 9.69 Å². The molecule has 10 heteroatoms. The quantitative estimate of drug-likeness (QED) is 0.544. The zero-order valence-electron chi connectivity index (χ0n) is 18.3. The lowest BCUT2D eigenvalue weighted by Crippen LogP contribution is -2.51. The Morgan fingerprint density at radius 3 is 2.65 bits per heavy atom. The Bertz CT molecular complexity index is 1090. The molecule has 4 rings (SSSR count). The molecule has 0 aliphatic heterocycles. The number of aliphatic hydroxyl groups excluding tert-OH is 1. The fraction of sp³-hybridized carbons (Fsp3) is 0.333. The van der Waals surface area contributed by atoms with Crippen LogP contribution in [0.2, 0.25) is 0 Å². The first kappa shape index (κ1) is 23.8. The number of nitrogens with one attached hydrogen (secondary N) is 1. The average molecular weight is 475 g/mol. The van der Waals surface area contributed by atoms with Crippen LogP contribution >= 0.6 is 0 Å². The van der Waals surface area contributed by atoms with Crippen molar-refractivity contribution in [2.45, 2.75) is 43.4 Å². The predicted octanol–water partition coefficient (Wildman–Crippen LogP) is 3.50. The number of hydrogen-bond acceptors (Lipinski definition) is 6. The second-order valence-electron chi connectivity index (χ2n) is 8.26. The molecule has 1 aromatic heterocycles. The number of aromatic nitrogens is 1. The third-order valence-corrected chi connectivity index (χ3v) is 5.85. The van der Waals surface area contributed by atoms with Gasteiger partial charge in [-0.25, -0.2) is 0 Å². The van der Waals surface area contributed by atoms with E-state index >= 15 is 0 Å². The highest BCUT2D eigenvalue weighted by Crippen LogP contribution is 2.34. The summed E-state index contributed by atoms with van der Waals surface area (Å²) in [4.78, 5) is 14.5. The molecule has 2 N–H and O–H groups in total. The highest BCUT2D eigenvalue weighted by Gasteiger charge is 2.47. The summed E-state index contributed by atoms with van der Waals surface area (Å²) in [5.74, 6) is -0.490. The second-order valence-corrected chi connectivity index (χ2v) is 8.26. The minimum absolute atomic E-state index is 0.00758. The third kappa shape index (κ3) is 5.40. The fourth-order valence-corrected chi connectivity index (χ4v) is 4.29. The van der Waals surface area contributed by atoms with Crippen molar-refractivity contribution in [1.82, 2.24) is 15.4 Å². The van der Waals surface area contributed by atoms with Crippen molar-refractivity contribution < 1.29 is 32.3 Å². The van der Waals surface area contributed by atoms with Crippen molar-refractivity contribution in [3.8, 4) is 5.75 Å². The lowest BCUT2D eigenvalue weighted by Gasteiger charge is -2.32. The van der Waals surface area contributed by atoms with Crippen LogP contribution in [0, 0.1) is 0 Å². The molecule has 1 fully saturated rings. The maximum atomic E-state index is 13.1. The van der Waals surface area contributed by atoms with Crippen molar-refractivity contribution in [3.05, 3.63) is 83.7 Å². The van der Waals surface area contributed by atoms with Gasteiger partial charge in [0.1, 0.15) is 24.2 Å². The number of ether oxygens (including phenoxy) is 1. The maximum absolute atomic E-state index is 13.1. The summed E-state index contributed by atoms with van der Waals surface area (Å²) in [5.41, 5.74) is 0.244. The van der Waals surface area contributed by atoms with Crippen LogP contribution < -0.4 is 10.1 Å². The number of nitrogens with zero attached hydrogens (tertiary/aromatic N) is 2. The van der Waals surface area contributed by atoms with Crippen LogP contribution in [-0.2, 0) is 12.7 Å². The van der Waals surface area contributed by atoms with Gasteiger partial charge in [0.2, 0.25) is 0 Å². The van der Waals surface area contributed by atoms with Crippen LogP contribution in [-0.4, -0.2) is 52.4 Å². The lowest BCUT2D eigenvalue weighted by atomic mass is 10.1. The van der Waals surface area contributed by atoms with Gasteiger partial charge in [0.25, 0.3) is 5.91 Å². The molecule has 3 aromatic rings. The molecule has 4 atom stereocenters. The summed E-state index contributed by atoms with van der Waals surface area (Å²) in [6.45, 7) is 0.481. The Balaban J connectivity index is 1.55. The van der Waals surface area contributed by atoms with E-state index < -0.39 is 41.9 Å². The summed E-state index contributed by atoms with van der Waals surface area (Å²) in [5, 5.41) is 17.6. The number of alkyl halides is 3. The summed E-state index contributed by atoms with van der Waals surface area (Å²) >= 11 is 0. The second kappa shape index (κ2) is 9.86. The molecule has 0 radical (unpaired) electrons. The van der Waals surface area contributed by atoms with E-state index in [-0.39, 0.29) is 17.9 Å². The van der Waals surface area contributed by atoms with Gasteiger partial charge in [0.15, 0.2) is 5.69 Å². The van der Waals surface area contributed by atoms with E-state index in [0.717, 1.165) is 17.7 Å². The minimum Gasteiger partial charge on any atom is -0.488 e. The number of carbonyl (C=O) groups excluding carboxylic acids is 1. The Labute approximate surface area is 194 Å². The summed E-state index contributed by atoms with van der Waals surface area (Å²) in [6, 6.07) is 14.4. The Morgan fingerprint density at radius 1 is 1.21 bits per heavy atom. The molecular weight excluding hydrogens is 451 g/mol. The van der Waals surface area contributed by atoms with Crippen molar-refractivity contribution in [2.24, 2.45) is 0 Å². The van der Waals surface area contributed by atoms with Gasteiger partial charge in [-0.05, 0) is 30.8 Å². The topological polar surface area (TPSA) is 87.8 Å². The van der Waals surface area contributed by atoms with E-state index in [4.69, 9.17) is 9.26 Å². The zero-order valence-corrected chi connectivity index (χ0v) is 18.3. The molecule has 0 bridgehead atoms. The SMILES string of the molecule is CN(Cc1ccccc1)[C@@H]1[C@@H](O)[C@H](Oc2cccc(C(F)(F)F)c2)C[C@H]1NC(=O)c1ccon1. The zero-order chi connectivity index (χ0) is 24.3. The first-order valence-corrected chi connectivity index (χ1v) is 10.7. The van der Waals surface area contributed by atoms with E-state index in [1.54, 1.807) is 0 Å². The molecule has 0 saturated heterocycles. The van der Waals surface area contributed by atoms with Gasteiger partial charge in [0.05, 0.1) is 17.6 Å².